The van der Waals surface area contributed by atoms with Crippen molar-refractivity contribution >= 4 is 24.0 Å². The number of alkyl carbamates (subject to hydrolysis) is 2. The van der Waals surface area contributed by atoms with Gasteiger partial charge in [-0.15, -0.1) is 0 Å². The van der Waals surface area contributed by atoms with Crippen molar-refractivity contribution in [3.63, 3.8) is 0 Å². The number of methoxy groups -OCH3 is 2. The van der Waals surface area contributed by atoms with E-state index in [2.05, 4.69) is 79.4 Å². The molecule has 314 valence electrons. The van der Waals surface area contributed by atoms with Gasteiger partial charge in [-0.05, 0) is 84.7 Å². The molecule has 15 nitrogen and oxygen atoms in total. The number of H-pyrrole nitrogens is 2. The molecule has 2 aromatic heterocycles. The first-order valence-corrected chi connectivity index (χ1v) is 20.7. The number of ether oxygens (including phenoxy) is 2. The van der Waals surface area contributed by atoms with Gasteiger partial charge in [0.2, 0.25) is 11.8 Å². The highest BCUT2D eigenvalue weighted by molar-refractivity contribution is 5.87. The molecule has 4 amide bonds. The Balaban J connectivity index is 1.04. The van der Waals surface area contributed by atoms with Gasteiger partial charge in [0, 0.05) is 13.1 Å². The summed E-state index contributed by atoms with van der Waals surface area (Å²) in [6.45, 7) is 10.7. The second kappa shape index (κ2) is 17.7. The van der Waals surface area contributed by atoms with Crippen LogP contribution in [0.3, 0.4) is 0 Å². The smallest absolute Gasteiger partial charge is 0.407 e. The second-order valence-electron chi connectivity index (χ2n) is 16.9. The average molecular weight is 808 g/mol. The van der Waals surface area contributed by atoms with E-state index in [1.165, 1.54) is 14.2 Å². The summed E-state index contributed by atoms with van der Waals surface area (Å²) in [5, 5.41) is 8.93. The Labute approximate surface area is 345 Å². The van der Waals surface area contributed by atoms with Gasteiger partial charge in [0.1, 0.15) is 23.7 Å². The van der Waals surface area contributed by atoms with Crippen molar-refractivity contribution in [1.29, 1.82) is 0 Å². The van der Waals surface area contributed by atoms with Crippen LogP contribution in [0.25, 0.3) is 33.6 Å². The lowest BCUT2D eigenvalue weighted by Gasteiger charge is -2.34. The molecule has 3 fully saturated rings. The summed E-state index contributed by atoms with van der Waals surface area (Å²) in [6, 6.07) is 14.7. The number of nitrogens with one attached hydrogen (secondary N) is 5. The fourth-order valence-electron chi connectivity index (χ4n) is 8.91. The Kier molecular flexibility index (Phi) is 12.4. The van der Waals surface area contributed by atoms with E-state index in [4.69, 9.17) is 14.5 Å². The quantitative estimate of drug-likeness (QED) is 0.118. The molecule has 2 aromatic carbocycles. The first-order valence-electron chi connectivity index (χ1n) is 20.7. The van der Waals surface area contributed by atoms with Gasteiger partial charge < -0.3 is 45.2 Å². The topological polar surface area (TPSA) is 187 Å². The molecule has 3 aliphatic rings. The third kappa shape index (κ3) is 8.85. The number of piperidine rings is 1. The number of carbonyl (C=O) groups excluding carboxylic acids is 4. The molecular formula is C44H57N9O6. The highest BCUT2D eigenvalue weighted by Crippen LogP contribution is 2.48. The van der Waals surface area contributed by atoms with Gasteiger partial charge in [-0.1, -0.05) is 76.2 Å². The molecule has 3 aliphatic heterocycles. The summed E-state index contributed by atoms with van der Waals surface area (Å²) in [6.07, 6.45) is 6.78. The number of likely N-dealkylation sites (tertiary alicyclic amines) is 2. The summed E-state index contributed by atoms with van der Waals surface area (Å²) < 4.78 is 9.62. The molecule has 4 aromatic rings. The summed E-state index contributed by atoms with van der Waals surface area (Å²) in [5.41, 5.74) is 5.79. The minimum atomic E-state index is -0.711. The van der Waals surface area contributed by atoms with E-state index < -0.39 is 24.3 Å². The number of imidazole rings is 2. The molecule has 59 heavy (non-hydrogen) atoms. The number of aromatic amines is 2. The minimum Gasteiger partial charge on any atom is -0.453 e. The average Bonchev–Trinajstić information content (AvgIpc) is 4.08. The van der Waals surface area contributed by atoms with Gasteiger partial charge in [-0.25, -0.2) is 19.6 Å². The molecule has 4 atom stereocenters. The zero-order chi connectivity index (χ0) is 41.8. The number of carbonyl (C=O) groups is 4. The molecule has 0 radical (unpaired) electrons. The van der Waals surface area contributed by atoms with Crippen molar-refractivity contribution in [3.8, 4) is 33.6 Å². The predicted octanol–water partition coefficient (Wildman–Crippen LogP) is 6.20. The van der Waals surface area contributed by atoms with Crippen molar-refractivity contribution in [3.05, 3.63) is 72.6 Å². The summed E-state index contributed by atoms with van der Waals surface area (Å²) in [7, 11) is 2.60. The van der Waals surface area contributed by atoms with Gasteiger partial charge in [-0.2, -0.15) is 0 Å². The maximum absolute atomic E-state index is 14.1. The van der Waals surface area contributed by atoms with Crippen LogP contribution in [-0.4, -0.2) is 106 Å². The Bertz CT molecular complexity index is 2100. The standard InChI is InChI=1S/C44H57N9O6/c1-26(2)36(50-42(56)58-5)40(54)52-21-7-8-34(52)38-46-23-32(48-38)30-13-9-28(10-14-30)29-11-15-31(16-12-29)33-24-47-39(49-33)35-22-44(17-19-45-20-18-44)25-53(35)41(55)37(27(3)4)51-43(57)59-6/h9-16,23-24,26-27,34-37,45H,7-8,17-22,25H2,1-6H3,(H,46,48)(H,47,49)(H,50,56)(H,51,57)/t34-,35?,36-,37-/m0/s1. The van der Waals surface area contributed by atoms with Crippen molar-refractivity contribution in [2.45, 2.75) is 84.0 Å². The van der Waals surface area contributed by atoms with Gasteiger partial charge in [0.15, 0.2) is 0 Å². The van der Waals surface area contributed by atoms with Crippen molar-refractivity contribution in [2.24, 2.45) is 17.3 Å². The lowest BCUT2D eigenvalue weighted by molar-refractivity contribution is -0.136. The molecular weight excluding hydrogens is 751 g/mol. The van der Waals surface area contributed by atoms with Crippen LogP contribution in [0.5, 0.6) is 0 Å². The minimum absolute atomic E-state index is 0.0112. The number of aromatic nitrogens is 4. The van der Waals surface area contributed by atoms with Crippen LogP contribution in [0.1, 0.15) is 83.5 Å². The normalized spacial score (nSPS) is 19.9. The van der Waals surface area contributed by atoms with Crippen LogP contribution < -0.4 is 16.0 Å². The zero-order valence-corrected chi connectivity index (χ0v) is 34.8. The third-order valence-corrected chi connectivity index (χ3v) is 12.3. The largest absolute Gasteiger partial charge is 0.453 e. The van der Waals surface area contributed by atoms with E-state index in [1.54, 1.807) is 6.20 Å². The maximum Gasteiger partial charge on any atom is 0.407 e. The van der Waals surface area contributed by atoms with E-state index in [0.717, 1.165) is 90.5 Å². The van der Waals surface area contributed by atoms with Crippen LogP contribution in [0.4, 0.5) is 9.59 Å². The number of benzene rings is 2. The fraction of sp³-hybridized carbons (Fsp3) is 0.500. The molecule has 5 N–H and O–H groups in total. The van der Waals surface area contributed by atoms with E-state index in [0.29, 0.717) is 13.1 Å². The van der Waals surface area contributed by atoms with Crippen molar-refractivity contribution in [2.75, 3.05) is 40.4 Å². The number of hydrogen-bond donors (Lipinski definition) is 5. The van der Waals surface area contributed by atoms with Crippen LogP contribution >= 0.6 is 0 Å². The molecule has 5 heterocycles. The van der Waals surface area contributed by atoms with Gasteiger partial charge in [0.05, 0.1) is 50.1 Å². The van der Waals surface area contributed by atoms with Crippen molar-refractivity contribution < 1.29 is 28.7 Å². The highest BCUT2D eigenvalue weighted by atomic mass is 16.5. The van der Waals surface area contributed by atoms with Crippen LogP contribution in [0.2, 0.25) is 0 Å². The van der Waals surface area contributed by atoms with E-state index >= 15 is 0 Å². The first-order chi connectivity index (χ1) is 28.4. The number of hydrogen-bond acceptors (Lipinski definition) is 9. The molecule has 3 saturated heterocycles. The summed E-state index contributed by atoms with van der Waals surface area (Å²) in [4.78, 5) is 72.1. The third-order valence-electron chi connectivity index (χ3n) is 12.3. The Morgan fingerprint density at radius 3 is 1.63 bits per heavy atom. The number of nitrogens with zero attached hydrogens (tertiary/aromatic N) is 4. The van der Waals surface area contributed by atoms with Crippen LogP contribution in [0, 0.1) is 17.3 Å². The van der Waals surface area contributed by atoms with E-state index in [-0.39, 0.29) is 41.1 Å². The van der Waals surface area contributed by atoms with Crippen LogP contribution in [-0.2, 0) is 19.1 Å². The molecule has 1 unspecified atom stereocenters. The lowest BCUT2D eigenvalue weighted by atomic mass is 9.77. The first kappa shape index (κ1) is 41.5. The Morgan fingerprint density at radius 1 is 0.695 bits per heavy atom. The molecule has 0 saturated carbocycles. The summed E-state index contributed by atoms with van der Waals surface area (Å²) in [5.74, 6) is 0.977. The van der Waals surface area contributed by atoms with Crippen molar-refractivity contribution in [1.82, 2.24) is 45.7 Å². The van der Waals surface area contributed by atoms with Gasteiger partial charge in [0.25, 0.3) is 0 Å². The predicted molar refractivity (Wildman–Crippen MR) is 223 cm³/mol. The Morgan fingerprint density at radius 2 is 1.15 bits per heavy atom. The molecule has 0 bridgehead atoms. The SMILES string of the molecule is COC(=O)N[C@H](C(=O)N1CC2(CCNCC2)CC1c1ncc(-c2ccc(-c3ccc(-c4cnc([C@@H]5CCCN5C(=O)[C@@H](NC(=O)OC)C(C)C)[nH]4)cc3)cc2)[nH]1)C(C)C. The Hall–Kier alpha value is -5.70. The van der Waals surface area contributed by atoms with E-state index in [1.807, 2.05) is 43.7 Å². The maximum atomic E-state index is 14.1. The molecule has 0 aliphatic carbocycles. The molecule has 1 spiro atoms. The van der Waals surface area contributed by atoms with E-state index in [9.17, 15) is 19.2 Å². The monoisotopic (exact) mass is 807 g/mol. The van der Waals surface area contributed by atoms with Gasteiger partial charge >= 0.3 is 12.2 Å². The second-order valence-corrected chi connectivity index (χ2v) is 16.9. The molecule has 7 rings (SSSR count). The van der Waals surface area contributed by atoms with Gasteiger partial charge in [-0.3, -0.25) is 9.59 Å². The molecule has 15 heteroatoms. The zero-order valence-electron chi connectivity index (χ0n) is 34.8. The van der Waals surface area contributed by atoms with Crippen LogP contribution in [0.15, 0.2) is 60.9 Å². The lowest BCUT2D eigenvalue weighted by Crippen LogP contribution is -2.51. The summed E-state index contributed by atoms with van der Waals surface area (Å²) >= 11 is 0. The number of rotatable bonds is 11. The fourth-order valence-corrected chi connectivity index (χ4v) is 8.91. The highest BCUT2D eigenvalue weighted by Gasteiger charge is 2.49. The number of amides is 4.